The van der Waals surface area contributed by atoms with Crippen molar-refractivity contribution in [3.05, 3.63) is 99.2 Å². The molecule has 1 aliphatic rings. The Morgan fingerprint density at radius 1 is 1.06 bits per heavy atom. The smallest absolute Gasteiger partial charge is 0.322 e. The Bertz CT molecular complexity index is 1280. The third kappa shape index (κ3) is 3.67. The molecular formula is C25H21Cl2N3O. The summed E-state index contributed by atoms with van der Waals surface area (Å²) in [6.45, 7) is 2.64. The Hall–Kier alpha value is -2.95. The van der Waals surface area contributed by atoms with Gasteiger partial charge in [-0.15, -0.1) is 0 Å². The van der Waals surface area contributed by atoms with Gasteiger partial charge in [0.2, 0.25) is 0 Å². The fourth-order valence-electron chi connectivity index (χ4n) is 4.32. The van der Waals surface area contributed by atoms with Crippen LogP contribution < -0.4 is 5.32 Å². The van der Waals surface area contributed by atoms with E-state index in [0.29, 0.717) is 22.3 Å². The van der Waals surface area contributed by atoms with Gasteiger partial charge in [0.05, 0.1) is 16.8 Å². The van der Waals surface area contributed by atoms with Crippen molar-refractivity contribution in [1.82, 2.24) is 9.88 Å². The summed E-state index contributed by atoms with van der Waals surface area (Å²) in [5, 5.41) is 5.32. The van der Waals surface area contributed by atoms with E-state index in [-0.39, 0.29) is 12.1 Å². The second-order valence-electron chi connectivity index (χ2n) is 7.87. The summed E-state index contributed by atoms with van der Waals surface area (Å²) in [4.78, 5) is 18.8. The summed E-state index contributed by atoms with van der Waals surface area (Å²) in [5.74, 6) is 0. The fraction of sp³-hybridized carbons (Fsp3) is 0.160. The van der Waals surface area contributed by atoms with Gasteiger partial charge in [0.1, 0.15) is 0 Å². The number of carbonyl (C=O) groups excluding carboxylic acids is 1. The van der Waals surface area contributed by atoms with E-state index < -0.39 is 0 Å². The predicted molar refractivity (Wildman–Crippen MR) is 127 cm³/mol. The molecule has 0 fully saturated rings. The minimum atomic E-state index is -0.238. The number of para-hydroxylation sites is 1. The highest BCUT2D eigenvalue weighted by Gasteiger charge is 2.34. The zero-order valence-electron chi connectivity index (χ0n) is 17.0. The standard InChI is InChI=1S/C25H21Cl2N3O/c1-15-6-8-16(9-7-15)24-23-18(19-14-17(26)10-11-21(19)28-23)12-13-30(24)25(31)29-22-5-3-2-4-20(22)27/h2-11,14,24,28H,12-13H2,1H3,(H,29,31). The van der Waals surface area contributed by atoms with Crippen LogP contribution in [0.25, 0.3) is 10.9 Å². The summed E-state index contributed by atoms with van der Waals surface area (Å²) in [6, 6.07) is 21.1. The minimum Gasteiger partial charge on any atom is -0.356 e. The van der Waals surface area contributed by atoms with Gasteiger partial charge in [-0.2, -0.15) is 0 Å². The molecule has 1 atom stereocenters. The van der Waals surface area contributed by atoms with Gasteiger partial charge >= 0.3 is 6.03 Å². The number of anilines is 1. The van der Waals surface area contributed by atoms with Crippen LogP contribution in [0.15, 0.2) is 66.7 Å². The summed E-state index contributed by atoms with van der Waals surface area (Å²) in [5.41, 5.74) is 6.10. The van der Waals surface area contributed by atoms with E-state index in [1.54, 1.807) is 12.1 Å². The molecule has 5 rings (SSSR count). The van der Waals surface area contributed by atoms with Crippen molar-refractivity contribution in [1.29, 1.82) is 0 Å². The van der Waals surface area contributed by atoms with E-state index in [2.05, 4.69) is 41.5 Å². The normalized spacial score (nSPS) is 15.7. The summed E-state index contributed by atoms with van der Waals surface area (Å²) in [6.07, 6.45) is 0.744. The lowest BCUT2D eigenvalue weighted by Gasteiger charge is -2.36. The lowest BCUT2D eigenvalue weighted by molar-refractivity contribution is 0.193. The van der Waals surface area contributed by atoms with Crippen molar-refractivity contribution in [2.24, 2.45) is 0 Å². The van der Waals surface area contributed by atoms with E-state index in [0.717, 1.165) is 28.6 Å². The minimum absolute atomic E-state index is 0.180. The van der Waals surface area contributed by atoms with Gasteiger partial charge in [0, 0.05) is 28.2 Å². The molecule has 2 N–H and O–H groups in total. The molecule has 31 heavy (non-hydrogen) atoms. The van der Waals surface area contributed by atoms with Crippen LogP contribution in [0.1, 0.15) is 28.4 Å². The number of fused-ring (bicyclic) bond motifs is 3. The Morgan fingerprint density at radius 3 is 2.61 bits per heavy atom. The molecule has 0 aliphatic carbocycles. The average Bonchev–Trinajstić information content (AvgIpc) is 3.13. The van der Waals surface area contributed by atoms with Gasteiger partial charge in [-0.1, -0.05) is 65.2 Å². The highest BCUT2D eigenvalue weighted by molar-refractivity contribution is 6.33. The van der Waals surface area contributed by atoms with Crippen LogP contribution in [0.5, 0.6) is 0 Å². The number of amides is 2. The lowest BCUT2D eigenvalue weighted by atomic mass is 9.92. The van der Waals surface area contributed by atoms with E-state index in [9.17, 15) is 4.79 Å². The van der Waals surface area contributed by atoms with Gasteiger partial charge < -0.3 is 15.2 Å². The van der Waals surface area contributed by atoms with Crippen molar-refractivity contribution < 1.29 is 4.79 Å². The lowest BCUT2D eigenvalue weighted by Crippen LogP contribution is -2.43. The van der Waals surface area contributed by atoms with E-state index in [4.69, 9.17) is 23.2 Å². The molecule has 0 spiro atoms. The Kier molecular flexibility index (Phi) is 5.12. The summed E-state index contributed by atoms with van der Waals surface area (Å²) in [7, 11) is 0. The quantitative estimate of drug-likeness (QED) is 0.341. The topological polar surface area (TPSA) is 48.1 Å². The molecule has 156 valence electrons. The fourth-order valence-corrected chi connectivity index (χ4v) is 4.68. The SMILES string of the molecule is Cc1ccc(C2c3[nH]c4ccc(Cl)cc4c3CCN2C(=O)Nc2ccccc2Cl)cc1. The monoisotopic (exact) mass is 449 g/mol. The number of hydrogen-bond acceptors (Lipinski definition) is 1. The second-order valence-corrected chi connectivity index (χ2v) is 8.72. The zero-order chi connectivity index (χ0) is 21.5. The third-order valence-electron chi connectivity index (χ3n) is 5.86. The Labute approximate surface area is 190 Å². The number of carbonyl (C=O) groups is 1. The number of benzene rings is 3. The molecule has 2 amide bonds. The number of H-pyrrole nitrogens is 1. The molecule has 0 bridgehead atoms. The summed E-state index contributed by atoms with van der Waals surface area (Å²) < 4.78 is 0. The van der Waals surface area contributed by atoms with Crippen LogP contribution in [0.2, 0.25) is 10.0 Å². The summed E-state index contributed by atoms with van der Waals surface area (Å²) >= 11 is 12.5. The number of rotatable bonds is 2. The molecule has 2 heterocycles. The van der Waals surface area contributed by atoms with Crippen LogP contribution in [-0.2, 0) is 6.42 Å². The van der Waals surface area contributed by atoms with Crippen molar-refractivity contribution in [3.63, 3.8) is 0 Å². The molecule has 3 aromatic carbocycles. The van der Waals surface area contributed by atoms with Gasteiger partial charge in [0.15, 0.2) is 0 Å². The highest BCUT2D eigenvalue weighted by atomic mass is 35.5. The number of nitrogens with zero attached hydrogens (tertiary/aromatic N) is 1. The van der Waals surface area contributed by atoms with Crippen LogP contribution in [0.3, 0.4) is 0 Å². The molecule has 6 heteroatoms. The van der Waals surface area contributed by atoms with Crippen LogP contribution in [0, 0.1) is 6.92 Å². The number of aromatic nitrogens is 1. The molecule has 0 radical (unpaired) electrons. The van der Waals surface area contributed by atoms with Gasteiger partial charge in [-0.3, -0.25) is 0 Å². The molecule has 0 saturated carbocycles. The Morgan fingerprint density at radius 2 is 1.84 bits per heavy atom. The van der Waals surface area contributed by atoms with Crippen molar-refractivity contribution in [3.8, 4) is 0 Å². The molecule has 4 nitrogen and oxygen atoms in total. The molecule has 0 saturated heterocycles. The average molecular weight is 450 g/mol. The van der Waals surface area contributed by atoms with Gasteiger partial charge in [0.25, 0.3) is 0 Å². The van der Waals surface area contributed by atoms with E-state index >= 15 is 0 Å². The van der Waals surface area contributed by atoms with Crippen LogP contribution in [-0.4, -0.2) is 22.5 Å². The number of urea groups is 1. The number of aryl methyl sites for hydroxylation is 1. The first-order chi connectivity index (χ1) is 15.0. The van der Waals surface area contributed by atoms with Gasteiger partial charge in [-0.05, 0) is 54.8 Å². The van der Waals surface area contributed by atoms with Crippen molar-refractivity contribution in [2.45, 2.75) is 19.4 Å². The van der Waals surface area contributed by atoms with Crippen LogP contribution in [0.4, 0.5) is 10.5 Å². The maximum atomic E-state index is 13.4. The van der Waals surface area contributed by atoms with Crippen molar-refractivity contribution >= 4 is 45.8 Å². The third-order valence-corrected chi connectivity index (χ3v) is 6.42. The molecule has 1 unspecified atom stereocenters. The van der Waals surface area contributed by atoms with E-state index in [1.165, 1.54) is 11.1 Å². The molecule has 1 aromatic heterocycles. The largest absolute Gasteiger partial charge is 0.356 e. The number of halogens is 2. The van der Waals surface area contributed by atoms with Crippen molar-refractivity contribution in [2.75, 3.05) is 11.9 Å². The zero-order valence-corrected chi connectivity index (χ0v) is 18.5. The Balaban J connectivity index is 1.60. The second kappa shape index (κ2) is 7.95. The van der Waals surface area contributed by atoms with E-state index in [1.807, 2.05) is 35.2 Å². The first-order valence-corrected chi connectivity index (χ1v) is 11.0. The molecule has 4 aromatic rings. The first-order valence-electron chi connectivity index (χ1n) is 10.2. The maximum absolute atomic E-state index is 13.4. The van der Waals surface area contributed by atoms with Gasteiger partial charge in [-0.25, -0.2) is 4.79 Å². The number of aromatic amines is 1. The highest BCUT2D eigenvalue weighted by Crippen LogP contribution is 2.39. The number of hydrogen-bond donors (Lipinski definition) is 2. The first kappa shape index (κ1) is 20.0. The molecule has 1 aliphatic heterocycles. The van der Waals surface area contributed by atoms with Crippen LogP contribution >= 0.6 is 23.2 Å². The maximum Gasteiger partial charge on any atom is 0.322 e. The molecular weight excluding hydrogens is 429 g/mol. The predicted octanol–water partition coefficient (Wildman–Crippen LogP) is 6.96. The number of nitrogens with one attached hydrogen (secondary N) is 2.